The first-order chi connectivity index (χ1) is 28.2. The first-order valence-corrected chi connectivity index (χ1v) is 27.5. The molecule has 0 aromatic heterocycles. The first kappa shape index (κ1) is 58.4. The largest absolute Gasteiger partial charge is 0.336 e. The molecule has 12 heteroatoms. The minimum Gasteiger partial charge on any atom is -0.336 e. The highest BCUT2D eigenvalue weighted by atomic mass is 31.1. The van der Waals surface area contributed by atoms with Crippen LogP contribution in [0.1, 0.15) is 233 Å². The van der Waals surface area contributed by atoms with Gasteiger partial charge >= 0.3 is 0 Å². The van der Waals surface area contributed by atoms with Crippen LogP contribution in [0.4, 0.5) is 0 Å². The molecular weight excluding hydrogens is 792 g/mol. The van der Waals surface area contributed by atoms with Crippen LogP contribution in [0.25, 0.3) is 0 Å². The zero-order valence-electron chi connectivity index (χ0n) is 38.1. The van der Waals surface area contributed by atoms with Gasteiger partial charge in [0.25, 0.3) is 0 Å². The van der Waals surface area contributed by atoms with Crippen molar-refractivity contribution in [2.24, 2.45) is 5.41 Å². The van der Waals surface area contributed by atoms with E-state index in [0.717, 1.165) is 52.1 Å². The maximum atomic E-state index is 6.20. The van der Waals surface area contributed by atoms with Crippen molar-refractivity contribution in [3.63, 3.8) is 0 Å². The van der Waals surface area contributed by atoms with Crippen LogP contribution in [0, 0.1) is 5.41 Å². The second kappa shape index (κ2) is 51.7. The lowest BCUT2D eigenvalue weighted by Crippen LogP contribution is -2.39. The molecule has 0 N–H and O–H groups in total. The van der Waals surface area contributed by atoms with Gasteiger partial charge in [-0.3, -0.25) is 0 Å². The maximum Gasteiger partial charge on any atom is 0.155 e. The van der Waals surface area contributed by atoms with Crippen LogP contribution in [0.2, 0.25) is 0 Å². The third kappa shape index (κ3) is 46.7. The molecule has 344 valence electrons. The minimum atomic E-state index is -0.520. The molecule has 0 saturated heterocycles. The van der Waals surface area contributed by atoms with Crippen molar-refractivity contribution in [1.82, 2.24) is 0 Å². The van der Waals surface area contributed by atoms with Gasteiger partial charge < -0.3 is 36.2 Å². The molecule has 0 aliphatic rings. The molecule has 0 rings (SSSR count). The Morgan fingerprint density at radius 2 is 0.404 bits per heavy atom. The quantitative estimate of drug-likeness (QED) is 0.0442. The highest BCUT2D eigenvalue weighted by molar-refractivity contribution is 7.26. The van der Waals surface area contributed by atoms with Crippen LogP contribution >= 0.6 is 36.1 Å². The van der Waals surface area contributed by atoms with Gasteiger partial charge in [-0.05, 0) is 25.7 Å². The van der Waals surface area contributed by atoms with Gasteiger partial charge in [-0.25, -0.2) is 0 Å². The van der Waals surface area contributed by atoms with E-state index in [0.29, 0.717) is 26.4 Å². The summed E-state index contributed by atoms with van der Waals surface area (Å²) in [5.74, 6) is 0. The summed E-state index contributed by atoms with van der Waals surface area (Å²) in [6.07, 6.45) is 41.2. The topological polar surface area (TPSA) is 73.8 Å². The highest BCUT2D eigenvalue weighted by Gasteiger charge is 2.33. The Hall–Kier alpha value is 1.40. The fourth-order valence-corrected chi connectivity index (χ4v) is 9.25. The van der Waals surface area contributed by atoms with Crippen LogP contribution in [0.5, 0.6) is 0 Å². The van der Waals surface area contributed by atoms with Gasteiger partial charge in [-0.15, -0.1) is 0 Å². The summed E-state index contributed by atoms with van der Waals surface area (Å²) >= 11 is 0. The number of hydrogen-bond donors (Lipinski definition) is 0. The standard InChI is InChI=1S/C45H96O8P4/c1-5-9-13-17-21-25-29-33-37-46-54-50-41-45(42-51-55-47-38-34-30-26-22-18-14-10-6-2,43-52-56-48-39-35-31-27-23-19-15-11-7-3)44-53-57-49-40-36-32-28-24-20-16-12-8-4/h54-57H,5-44H2,1-4H3. The van der Waals surface area contributed by atoms with Crippen molar-refractivity contribution in [3.05, 3.63) is 0 Å². The third-order valence-electron chi connectivity index (χ3n) is 10.4. The molecule has 0 radical (unpaired) electrons. The zero-order chi connectivity index (χ0) is 41.3. The van der Waals surface area contributed by atoms with E-state index in [2.05, 4.69) is 27.7 Å². The zero-order valence-corrected chi connectivity index (χ0v) is 42.1. The lowest BCUT2D eigenvalue weighted by molar-refractivity contribution is 0.0000730. The third-order valence-corrected chi connectivity index (χ3v) is 12.7. The van der Waals surface area contributed by atoms with E-state index in [1.807, 2.05) is 0 Å². The second-order valence-electron chi connectivity index (χ2n) is 16.3. The number of hydrogen-bond acceptors (Lipinski definition) is 8. The van der Waals surface area contributed by atoms with Gasteiger partial charge in [0.2, 0.25) is 0 Å². The molecule has 0 aliphatic heterocycles. The molecule has 0 spiro atoms. The Bertz CT molecular complexity index is 613. The highest BCUT2D eigenvalue weighted by Crippen LogP contribution is 2.33. The molecule has 0 aliphatic carbocycles. The predicted molar refractivity (Wildman–Crippen MR) is 254 cm³/mol. The molecule has 0 aromatic rings. The van der Waals surface area contributed by atoms with Crippen LogP contribution in [-0.4, -0.2) is 52.9 Å². The van der Waals surface area contributed by atoms with Gasteiger partial charge in [0.15, 0.2) is 36.1 Å². The van der Waals surface area contributed by atoms with E-state index < -0.39 is 5.41 Å². The molecule has 4 unspecified atom stereocenters. The van der Waals surface area contributed by atoms with E-state index in [1.165, 1.54) is 180 Å². The maximum absolute atomic E-state index is 6.20. The number of unbranched alkanes of at least 4 members (excludes halogenated alkanes) is 28. The molecule has 0 heterocycles. The summed E-state index contributed by atoms with van der Waals surface area (Å²) in [5, 5.41) is 0. The summed E-state index contributed by atoms with van der Waals surface area (Å²) in [4.78, 5) is 0. The Balaban J connectivity index is 4.91. The van der Waals surface area contributed by atoms with Crippen LogP contribution in [0.3, 0.4) is 0 Å². The van der Waals surface area contributed by atoms with Gasteiger partial charge in [0.1, 0.15) is 0 Å². The minimum absolute atomic E-state index is 0.0228. The Labute approximate surface area is 362 Å². The molecular formula is C45H96O8P4. The Morgan fingerprint density at radius 3 is 0.596 bits per heavy atom. The van der Waals surface area contributed by atoms with Gasteiger partial charge in [-0.1, -0.05) is 207 Å². The molecule has 8 nitrogen and oxygen atoms in total. The number of rotatable bonds is 52. The molecule has 0 bridgehead atoms. The normalized spacial score (nSPS) is 13.7. The molecule has 0 saturated carbocycles. The molecule has 57 heavy (non-hydrogen) atoms. The average Bonchev–Trinajstić information content (AvgIpc) is 3.22. The predicted octanol–water partition coefficient (Wildman–Crippen LogP) is 16.7. The lowest BCUT2D eigenvalue weighted by atomic mass is 9.93. The van der Waals surface area contributed by atoms with Crippen molar-refractivity contribution in [1.29, 1.82) is 0 Å². The van der Waals surface area contributed by atoms with E-state index >= 15 is 0 Å². The lowest BCUT2D eigenvalue weighted by Gasteiger charge is -2.32. The van der Waals surface area contributed by atoms with E-state index in [9.17, 15) is 0 Å². The summed E-state index contributed by atoms with van der Waals surface area (Å²) in [6.45, 7) is 13.7. The van der Waals surface area contributed by atoms with Crippen molar-refractivity contribution >= 4 is 36.1 Å². The fraction of sp³-hybridized carbons (Fsp3) is 1.00. The monoisotopic (exact) mass is 889 g/mol. The van der Waals surface area contributed by atoms with Crippen molar-refractivity contribution in [2.75, 3.05) is 52.9 Å². The summed E-state index contributed by atoms with van der Waals surface area (Å²) in [5.41, 5.74) is -0.520. The van der Waals surface area contributed by atoms with Gasteiger partial charge in [0.05, 0.1) is 58.3 Å². The van der Waals surface area contributed by atoms with Crippen LogP contribution in [0.15, 0.2) is 0 Å². The van der Waals surface area contributed by atoms with E-state index in [1.54, 1.807) is 0 Å². The van der Waals surface area contributed by atoms with Gasteiger partial charge in [0, 0.05) is 0 Å². The summed E-state index contributed by atoms with van der Waals surface area (Å²) < 4.78 is 48.5. The molecule has 4 atom stereocenters. The summed E-state index contributed by atoms with van der Waals surface area (Å²) in [7, 11) is -0.0912. The fourth-order valence-electron chi connectivity index (χ4n) is 6.55. The van der Waals surface area contributed by atoms with Crippen LogP contribution < -0.4 is 0 Å². The molecule has 0 amide bonds. The average molecular weight is 889 g/mol. The Kier molecular flexibility index (Phi) is 53.0. The second-order valence-corrected chi connectivity index (χ2v) is 19.3. The molecule has 0 fully saturated rings. The van der Waals surface area contributed by atoms with E-state index in [-0.39, 0.29) is 36.1 Å². The SMILES string of the molecule is CCCCCCCCCCOPOCC(COPOCCCCCCCCCC)(COPOCCCCCCCCCC)COPOCCCCCCCCCC. The summed E-state index contributed by atoms with van der Waals surface area (Å²) in [6, 6.07) is 0. The van der Waals surface area contributed by atoms with Crippen molar-refractivity contribution < 1.29 is 36.2 Å². The van der Waals surface area contributed by atoms with Crippen molar-refractivity contribution in [2.45, 2.75) is 233 Å². The van der Waals surface area contributed by atoms with E-state index in [4.69, 9.17) is 36.2 Å². The molecule has 0 aromatic carbocycles. The Morgan fingerprint density at radius 1 is 0.228 bits per heavy atom. The first-order valence-electron chi connectivity index (χ1n) is 24.2. The van der Waals surface area contributed by atoms with Crippen molar-refractivity contribution in [3.8, 4) is 0 Å². The van der Waals surface area contributed by atoms with Crippen LogP contribution in [-0.2, 0) is 36.2 Å². The smallest absolute Gasteiger partial charge is 0.155 e. The van der Waals surface area contributed by atoms with Gasteiger partial charge in [-0.2, -0.15) is 0 Å².